The second-order valence-electron chi connectivity index (χ2n) is 5.38. The molecule has 1 aromatic rings. The second kappa shape index (κ2) is 2.76. The van der Waals surface area contributed by atoms with E-state index in [4.69, 9.17) is 11.6 Å². The van der Waals surface area contributed by atoms with Gasteiger partial charge in [-0.05, 0) is 48.8 Å². The van der Waals surface area contributed by atoms with Crippen LogP contribution in [-0.4, -0.2) is 5.88 Å². The van der Waals surface area contributed by atoms with Crippen molar-refractivity contribution in [2.24, 2.45) is 5.41 Å². The lowest BCUT2D eigenvalue weighted by molar-refractivity contribution is -0.124. The summed E-state index contributed by atoms with van der Waals surface area (Å²) >= 11 is 5.92. The maximum atomic E-state index is 13.8. The molecule has 0 N–H and O–H groups in total. The zero-order valence-corrected chi connectivity index (χ0v) is 9.57. The molecule has 15 heavy (non-hydrogen) atoms. The summed E-state index contributed by atoms with van der Waals surface area (Å²) in [6.07, 6.45) is 3.27. The summed E-state index contributed by atoms with van der Waals surface area (Å²) in [5.74, 6) is 0.709. The highest BCUT2D eigenvalue weighted by molar-refractivity contribution is 6.18. The molecule has 2 heteroatoms. The molecule has 0 radical (unpaired) electrons. The van der Waals surface area contributed by atoms with Gasteiger partial charge in [0.15, 0.2) is 0 Å². The normalized spacial score (nSPS) is 37.0. The Bertz CT molecular complexity index is 385. The molecule has 3 aliphatic carbocycles. The average Bonchev–Trinajstić information content (AvgIpc) is 2.06. The van der Waals surface area contributed by atoms with E-state index in [-0.39, 0.29) is 11.2 Å². The first-order valence-electron chi connectivity index (χ1n) is 5.43. The predicted molar refractivity (Wildman–Crippen MR) is 59.8 cm³/mol. The summed E-state index contributed by atoms with van der Waals surface area (Å²) in [5, 5.41) is 0. The number of alkyl halides is 1. The average molecular weight is 225 g/mol. The summed E-state index contributed by atoms with van der Waals surface area (Å²) in [7, 11) is 0. The van der Waals surface area contributed by atoms with E-state index in [0.29, 0.717) is 5.41 Å². The molecule has 80 valence electrons. The van der Waals surface area contributed by atoms with E-state index in [2.05, 4.69) is 0 Å². The molecule has 0 nitrogen and oxygen atoms in total. The van der Waals surface area contributed by atoms with Crippen LogP contribution < -0.4 is 0 Å². The van der Waals surface area contributed by atoms with E-state index in [1.807, 2.05) is 13.0 Å². The Balaban J connectivity index is 1.97. The zero-order valence-electron chi connectivity index (χ0n) is 8.82. The molecule has 3 fully saturated rings. The number of hydrogen-bond donors (Lipinski definition) is 0. The fourth-order valence-electron chi connectivity index (χ4n) is 3.71. The summed E-state index contributed by atoms with van der Waals surface area (Å²) in [4.78, 5) is 0. The van der Waals surface area contributed by atoms with E-state index < -0.39 is 0 Å². The van der Waals surface area contributed by atoms with E-state index in [1.165, 1.54) is 0 Å². The van der Waals surface area contributed by atoms with Crippen LogP contribution in [0.1, 0.15) is 30.4 Å². The molecule has 0 unspecified atom stereocenters. The molecule has 4 rings (SSSR count). The number of benzene rings is 1. The molecule has 1 aromatic carbocycles. The molecule has 0 heterocycles. The molecule has 0 aliphatic heterocycles. The van der Waals surface area contributed by atoms with Crippen LogP contribution in [0.2, 0.25) is 0 Å². The molecular formula is C13H14ClF. The largest absolute Gasteiger partial charge is 0.207 e. The van der Waals surface area contributed by atoms with Gasteiger partial charge in [0, 0.05) is 11.3 Å². The topological polar surface area (TPSA) is 0 Å². The Hall–Kier alpha value is -0.560. The van der Waals surface area contributed by atoms with Gasteiger partial charge in [0.1, 0.15) is 5.82 Å². The third-order valence-corrected chi connectivity index (χ3v) is 4.74. The third-order valence-electron chi connectivity index (χ3n) is 4.18. The van der Waals surface area contributed by atoms with Crippen molar-refractivity contribution >= 4 is 11.6 Å². The van der Waals surface area contributed by atoms with Crippen molar-refractivity contribution in [3.05, 3.63) is 35.1 Å². The van der Waals surface area contributed by atoms with Crippen LogP contribution in [0, 0.1) is 18.2 Å². The Labute approximate surface area is 94.4 Å². The van der Waals surface area contributed by atoms with Crippen molar-refractivity contribution in [1.29, 1.82) is 0 Å². The SMILES string of the molecule is Cc1cccc(F)c1C12CC(CCl)(C1)C2. The van der Waals surface area contributed by atoms with Crippen molar-refractivity contribution < 1.29 is 4.39 Å². The smallest absolute Gasteiger partial charge is 0.127 e. The zero-order chi connectivity index (χ0) is 10.7. The van der Waals surface area contributed by atoms with E-state index in [9.17, 15) is 4.39 Å². The molecular weight excluding hydrogens is 211 g/mol. The number of aryl methyl sites for hydroxylation is 1. The summed E-state index contributed by atoms with van der Waals surface area (Å²) < 4.78 is 13.8. The van der Waals surface area contributed by atoms with E-state index in [1.54, 1.807) is 12.1 Å². The molecule has 0 amide bonds. The summed E-state index contributed by atoms with van der Waals surface area (Å²) in [6.45, 7) is 2.01. The van der Waals surface area contributed by atoms with Crippen LogP contribution >= 0.6 is 11.6 Å². The molecule has 0 saturated heterocycles. The van der Waals surface area contributed by atoms with Crippen LogP contribution in [0.15, 0.2) is 18.2 Å². The number of hydrogen-bond acceptors (Lipinski definition) is 0. The van der Waals surface area contributed by atoms with Crippen LogP contribution in [0.4, 0.5) is 4.39 Å². The first-order chi connectivity index (χ1) is 7.11. The highest BCUT2D eigenvalue weighted by atomic mass is 35.5. The highest BCUT2D eigenvalue weighted by Gasteiger charge is 2.68. The van der Waals surface area contributed by atoms with Crippen molar-refractivity contribution in [1.82, 2.24) is 0 Å². The molecule has 0 atom stereocenters. The monoisotopic (exact) mass is 224 g/mol. The van der Waals surface area contributed by atoms with Gasteiger partial charge in [-0.25, -0.2) is 4.39 Å². The summed E-state index contributed by atoms with van der Waals surface area (Å²) in [5.41, 5.74) is 2.55. The van der Waals surface area contributed by atoms with Crippen molar-refractivity contribution in [2.45, 2.75) is 31.6 Å². The Kier molecular flexibility index (Phi) is 1.78. The Morgan fingerprint density at radius 3 is 2.53 bits per heavy atom. The molecule has 3 aliphatic rings. The van der Waals surface area contributed by atoms with E-state index >= 15 is 0 Å². The molecule has 3 saturated carbocycles. The second-order valence-corrected chi connectivity index (χ2v) is 5.64. The van der Waals surface area contributed by atoms with Crippen molar-refractivity contribution in [3.8, 4) is 0 Å². The van der Waals surface area contributed by atoms with Crippen LogP contribution in [0.3, 0.4) is 0 Å². The molecule has 0 aromatic heterocycles. The van der Waals surface area contributed by atoms with Gasteiger partial charge < -0.3 is 0 Å². The van der Waals surface area contributed by atoms with Crippen LogP contribution in [0.25, 0.3) is 0 Å². The maximum absolute atomic E-state index is 13.8. The van der Waals surface area contributed by atoms with Gasteiger partial charge in [0.2, 0.25) is 0 Å². The van der Waals surface area contributed by atoms with Gasteiger partial charge in [-0.3, -0.25) is 0 Å². The Morgan fingerprint density at radius 1 is 1.33 bits per heavy atom. The van der Waals surface area contributed by atoms with Gasteiger partial charge in [-0.2, -0.15) is 0 Å². The lowest BCUT2D eigenvalue weighted by atomic mass is 9.34. The molecule has 0 spiro atoms. The van der Waals surface area contributed by atoms with Gasteiger partial charge in [0.25, 0.3) is 0 Å². The quantitative estimate of drug-likeness (QED) is 0.671. The van der Waals surface area contributed by atoms with E-state index in [0.717, 1.165) is 36.3 Å². The minimum absolute atomic E-state index is 0.0297. The maximum Gasteiger partial charge on any atom is 0.127 e. The fraction of sp³-hybridized carbons (Fsp3) is 0.538. The van der Waals surface area contributed by atoms with Gasteiger partial charge >= 0.3 is 0 Å². The lowest BCUT2D eigenvalue weighted by Crippen LogP contribution is -2.65. The highest BCUT2D eigenvalue weighted by Crippen LogP contribution is 2.74. The van der Waals surface area contributed by atoms with Crippen molar-refractivity contribution in [2.75, 3.05) is 5.88 Å². The molecule has 2 bridgehead atoms. The van der Waals surface area contributed by atoms with Gasteiger partial charge in [0.05, 0.1) is 0 Å². The first-order valence-corrected chi connectivity index (χ1v) is 5.96. The minimum Gasteiger partial charge on any atom is -0.207 e. The predicted octanol–water partition coefficient (Wildman–Crippen LogP) is 3.79. The minimum atomic E-state index is -0.0297. The van der Waals surface area contributed by atoms with Crippen LogP contribution in [0.5, 0.6) is 0 Å². The van der Waals surface area contributed by atoms with Gasteiger partial charge in [-0.1, -0.05) is 12.1 Å². The first kappa shape index (κ1) is 9.65. The Morgan fingerprint density at radius 2 is 2.00 bits per heavy atom. The van der Waals surface area contributed by atoms with Gasteiger partial charge in [-0.15, -0.1) is 11.6 Å². The number of halogens is 2. The standard InChI is InChI=1S/C13H14ClF/c1-9-3-2-4-10(15)11(9)13-5-12(6-13,7-13)8-14/h2-4H,5-8H2,1H3. The van der Waals surface area contributed by atoms with Crippen molar-refractivity contribution in [3.63, 3.8) is 0 Å². The summed E-state index contributed by atoms with van der Waals surface area (Å²) in [6, 6.07) is 5.37. The fourth-order valence-corrected chi connectivity index (χ4v) is 3.99. The third kappa shape index (κ3) is 1.08. The number of rotatable bonds is 2. The van der Waals surface area contributed by atoms with Crippen LogP contribution in [-0.2, 0) is 5.41 Å². The lowest BCUT2D eigenvalue weighted by Gasteiger charge is -2.71.